The summed E-state index contributed by atoms with van der Waals surface area (Å²) < 4.78 is 3.94. The van der Waals surface area contributed by atoms with Crippen LogP contribution < -0.4 is 0 Å². The first-order valence-corrected chi connectivity index (χ1v) is 8.31. The zero-order valence-corrected chi connectivity index (χ0v) is 11.6. The van der Waals surface area contributed by atoms with Crippen LogP contribution in [0.25, 0.3) is 0 Å². The molecular weight excluding hydrogens is 312 g/mol. The molecule has 1 aromatic heterocycles. The van der Waals surface area contributed by atoms with Crippen LogP contribution in [0, 0.1) is 3.14 Å². The maximum absolute atomic E-state index is 5.15. The van der Waals surface area contributed by atoms with Gasteiger partial charge in [-0.15, -0.1) is 46.2 Å². The van der Waals surface area contributed by atoms with E-state index in [1.54, 1.807) is 22.7 Å². The fourth-order valence-corrected chi connectivity index (χ4v) is 8.24. The van der Waals surface area contributed by atoms with E-state index in [4.69, 9.17) is 12.2 Å². The molecule has 6 heteroatoms. The summed E-state index contributed by atoms with van der Waals surface area (Å²) in [4.78, 5) is 0. The number of hydrogen-bond donors (Lipinski definition) is 0. The SMILES string of the molecule is S=c1sc2c(s1)S[C@@H](CBr)CS2. The van der Waals surface area contributed by atoms with E-state index in [9.17, 15) is 0 Å². The van der Waals surface area contributed by atoms with E-state index >= 15 is 0 Å². The molecule has 0 radical (unpaired) electrons. The lowest BCUT2D eigenvalue weighted by Crippen LogP contribution is -2.09. The smallest absolute Gasteiger partial charge is 0.112 e. The van der Waals surface area contributed by atoms with Crippen molar-refractivity contribution in [3.05, 3.63) is 3.14 Å². The molecule has 0 aromatic carbocycles. The first-order valence-electron chi connectivity index (χ1n) is 3.29. The average Bonchev–Trinajstić information content (AvgIpc) is 2.43. The quantitative estimate of drug-likeness (QED) is 0.553. The molecule has 0 saturated heterocycles. The van der Waals surface area contributed by atoms with Crippen LogP contribution in [0.4, 0.5) is 0 Å². The first kappa shape index (κ1) is 9.98. The molecule has 66 valence electrons. The Kier molecular flexibility index (Phi) is 3.59. The summed E-state index contributed by atoms with van der Waals surface area (Å²) in [5, 5.41) is 1.81. The van der Waals surface area contributed by atoms with Gasteiger partial charge in [-0.2, -0.15) is 0 Å². The Labute approximate surface area is 101 Å². The van der Waals surface area contributed by atoms with Crippen molar-refractivity contribution in [2.75, 3.05) is 11.1 Å². The molecule has 0 N–H and O–H groups in total. The van der Waals surface area contributed by atoms with Crippen molar-refractivity contribution in [1.29, 1.82) is 0 Å². The predicted molar refractivity (Wildman–Crippen MR) is 67.2 cm³/mol. The second-order valence-electron chi connectivity index (χ2n) is 2.23. The number of hydrogen-bond acceptors (Lipinski definition) is 5. The minimum absolute atomic E-state index is 0.725. The Bertz CT molecular complexity index is 327. The molecule has 2 rings (SSSR count). The summed E-state index contributed by atoms with van der Waals surface area (Å²) >= 11 is 16.1. The molecule has 1 aliphatic rings. The van der Waals surface area contributed by atoms with E-state index in [1.807, 2.05) is 23.5 Å². The fourth-order valence-electron chi connectivity index (χ4n) is 0.846. The Morgan fingerprint density at radius 3 is 2.92 bits per heavy atom. The van der Waals surface area contributed by atoms with Crippen molar-refractivity contribution < 1.29 is 0 Å². The van der Waals surface area contributed by atoms with Crippen molar-refractivity contribution in [3.8, 4) is 0 Å². The minimum Gasteiger partial charge on any atom is -0.112 e. The van der Waals surface area contributed by atoms with Crippen LogP contribution in [-0.2, 0) is 0 Å². The number of rotatable bonds is 1. The van der Waals surface area contributed by atoms with Crippen LogP contribution in [0.15, 0.2) is 8.42 Å². The molecule has 12 heavy (non-hydrogen) atoms. The van der Waals surface area contributed by atoms with E-state index < -0.39 is 0 Å². The van der Waals surface area contributed by atoms with Gasteiger partial charge in [-0.25, -0.2) is 0 Å². The molecule has 0 spiro atoms. The van der Waals surface area contributed by atoms with Crippen molar-refractivity contribution >= 4 is 74.3 Å². The van der Waals surface area contributed by atoms with Gasteiger partial charge in [0.05, 0.1) is 8.42 Å². The zero-order valence-electron chi connectivity index (χ0n) is 5.91. The molecule has 0 amide bonds. The lowest BCUT2D eigenvalue weighted by Gasteiger charge is -2.17. The van der Waals surface area contributed by atoms with E-state index in [2.05, 4.69) is 15.9 Å². The molecule has 1 atom stereocenters. The van der Waals surface area contributed by atoms with Crippen LogP contribution in [-0.4, -0.2) is 16.3 Å². The van der Waals surface area contributed by atoms with Gasteiger partial charge >= 0.3 is 0 Å². The van der Waals surface area contributed by atoms with Crippen LogP contribution in [0.5, 0.6) is 0 Å². The molecule has 0 unspecified atom stereocenters. The molecule has 0 aliphatic carbocycles. The Morgan fingerprint density at radius 2 is 2.17 bits per heavy atom. The molecule has 0 saturated carbocycles. The van der Waals surface area contributed by atoms with Crippen molar-refractivity contribution in [1.82, 2.24) is 0 Å². The van der Waals surface area contributed by atoms with Gasteiger partial charge in [-0.1, -0.05) is 28.1 Å². The van der Waals surface area contributed by atoms with E-state index in [0.717, 1.165) is 13.7 Å². The lowest BCUT2D eigenvalue weighted by molar-refractivity contribution is 1.14. The standard InChI is InChI=1S/C6H5BrS5/c7-1-3-2-9-4-5(10-3)12-6(8)11-4/h3H,1-2H2/t3-/m0/s1. The van der Waals surface area contributed by atoms with Gasteiger partial charge in [0, 0.05) is 16.3 Å². The molecule has 1 aliphatic heterocycles. The third kappa shape index (κ3) is 2.09. The monoisotopic (exact) mass is 316 g/mol. The highest BCUT2D eigenvalue weighted by Gasteiger charge is 2.21. The molecule has 2 heterocycles. The van der Waals surface area contributed by atoms with Gasteiger partial charge in [-0.3, -0.25) is 0 Å². The third-order valence-corrected chi connectivity index (χ3v) is 8.68. The molecule has 0 nitrogen and oxygen atoms in total. The minimum atomic E-state index is 0.725. The third-order valence-electron chi connectivity index (χ3n) is 1.36. The highest BCUT2D eigenvalue weighted by Crippen LogP contribution is 2.47. The van der Waals surface area contributed by atoms with Crippen LogP contribution in [0.1, 0.15) is 0 Å². The van der Waals surface area contributed by atoms with Gasteiger partial charge < -0.3 is 0 Å². The Hall–Kier alpha value is 1.45. The molecule has 0 bridgehead atoms. The summed E-state index contributed by atoms with van der Waals surface area (Å²) in [7, 11) is 0. The van der Waals surface area contributed by atoms with E-state index in [-0.39, 0.29) is 0 Å². The number of halogens is 1. The topological polar surface area (TPSA) is 0 Å². The largest absolute Gasteiger partial charge is 0.145 e. The second-order valence-corrected chi connectivity index (χ2v) is 8.96. The van der Waals surface area contributed by atoms with E-state index in [1.165, 1.54) is 14.2 Å². The first-order chi connectivity index (χ1) is 5.79. The highest BCUT2D eigenvalue weighted by molar-refractivity contribution is 9.09. The van der Waals surface area contributed by atoms with Gasteiger partial charge in [0.15, 0.2) is 0 Å². The van der Waals surface area contributed by atoms with Gasteiger partial charge in [0.2, 0.25) is 0 Å². The molecular formula is C6H5BrS5. The second kappa shape index (κ2) is 4.31. The van der Waals surface area contributed by atoms with Crippen molar-refractivity contribution in [2.45, 2.75) is 13.7 Å². The number of alkyl halides is 1. The summed E-state index contributed by atoms with van der Waals surface area (Å²) in [5.41, 5.74) is 0. The number of fused-ring (bicyclic) bond motifs is 1. The zero-order chi connectivity index (χ0) is 8.55. The highest BCUT2D eigenvalue weighted by atomic mass is 79.9. The maximum atomic E-state index is 5.15. The number of thioether (sulfide) groups is 2. The lowest BCUT2D eigenvalue weighted by atomic mass is 10.6. The van der Waals surface area contributed by atoms with Gasteiger partial charge in [0.1, 0.15) is 3.14 Å². The summed E-state index contributed by atoms with van der Waals surface area (Å²) in [5.74, 6) is 1.21. The summed E-state index contributed by atoms with van der Waals surface area (Å²) in [6.45, 7) is 0. The van der Waals surface area contributed by atoms with Crippen LogP contribution >= 0.6 is 74.3 Å². The van der Waals surface area contributed by atoms with Crippen molar-refractivity contribution in [3.63, 3.8) is 0 Å². The normalized spacial score (nSPS) is 22.2. The predicted octanol–water partition coefficient (Wildman–Crippen LogP) is 4.50. The fraction of sp³-hybridized carbons (Fsp3) is 0.500. The summed E-state index contributed by atoms with van der Waals surface area (Å²) in [6, 6.07) is 0. The molecule has 1 aromatic rings. The van der Waals surface area contributed by atoms with Crippen LogP contribution in [0.2, 0.25) is 0 Å². The summed E-state index contributed by atoms with van der Waals surface area (Å²) in [6.07, 6.45) is 0. The maximum Gasteiger partial charge on any atom is 0.145 e. The Morgan fingerprint density at radius 1 is 1.42 bits per heavy atom. The Balaban J connectivity index is 2.28. The van der Waals surface area contributed by atoms with Crippen molar-refractivity contribution in [2.24, 2.45) is 0 Å². The average molecular weight is 317 g/mol. The van der Waals surface area contributed by atoms with E-state index in [0.29, 0.717) is 0 Å². The van der Waals surface area contributed by atoms with Gasteiger partial charge in [0.25, 0.3) is 0 Å². The molecule has 0 fully saturated rings. The van der Waals surface area contributed by atoms with Gasteiger partial charge in [-0.05, 0) is 0 Å². The van der Waals surface area contributed by atoms with Crippen LogP contribution in [0.3, 0.4) is 0 Å².